The molecule has 1 aliphatic rings. The molecule has 0 aromatic carbocycles. The van der Waals surface area contributed by atoms with Crippen molar-refractivity contribution in [2.75, 3.05) is 20.3 Å². The number of rotatable bonds is 1. The number of carbonyl (C=O) groups is 1. The summed E-state index contributed by atoms with van der Waals surface area (Å²) in [6.07, 6.45) is 0.815. The van der Waals surface area contributed by atoms with Crippen LogP contribution in [0.2, 0.25) is 0 Å². The van der Waals surface area contributed by atoms with Gasteiger partial charge in [-0.05, 0) is 13.5 Å². The molecule has 0 aliphatic carbocycles. The maximum Gasteiger partial charge on any atom is 0.175 e. The predicted octanol–water partition coefficient (Wildman–Crippen LogP) is -0.436. The normalized spacial score (nSPS) is 28.6. The number of carbonyl (C=O) groups excluding carboxylic acids is 1. The summed E-state index contributed by atoms with van der Waals surface area (Å²) < 4.78 is 4.92. The summed E-state index contributed by atoms with van der Waals surface area (Å²) in [6, 6.07) is 0.0405. The Balaban J connectivity index is 2.39. The molecule has 1 N–H and O–H groups in total. The average molecular weight is 129 g/mol. The average Bonchev–Trinajstić information content (AvgIpc) is 1.89. The highest BCUT2D eigenvalue weighted by molar-refractivity contribution is 5.85. The van der Waals surface area contributed by atoms with Gasteiger partial charge in [0.1, 0.15) is 6.61 Å². The second kappa shape index (κ2) is 2.94. The molecular weight excluding hydrogens is 118 g/mol. The van der Waals surface area contributed by atoms with Crippen LogP contribution in [-0.4, -0.2) is 32.1 Å². The zero-order valence-corrected chi connectivity index (χ0v) is 5.52. The van der Waals surface area contributed by atoms with E-state index in [1.54, 1.807) is 7.05 Å². The van der Waals surface area contributed by atoms with Gasteiger partial charge in [-0.2, -0.15) is 0 Å². The topological polar surface area (TPSA) is 38.3 Å². The fourth-order valence-corrected chi connectivity index (χ4v) is 0.941. The van der Waals surface area contributed by atoms with Crippen molar-refractivity contribution < 1.29 is 9.53 Å². The molecule has 1 aliphatic heterocycles. The van der Waals surface area contributed by atoms with Crippen LogP contribution in [0.4, 0.5) is 0 Å². The molecule has 9 heavy (non-hydrogen) atoms. The van der Waals surface area contributed by atoms with Crippen LogP contribution in [0.25, 0.3) is 0 Å². The van der Waals surface area contributed by atoms with Crippen molar-refractivity contribution >= 4 is 5.78 Å². The Morgan fingerprint density at radius 2 is 2.56 bits per heavy atom. The molecule has 1 unspecified atom stereocenters. The van der Waals surface area contributed by atoms with E-state index in [4.69, 9.17) is 4.74 Å². The molecule has 1 atom stereocenters. The number of hydrogen-bond acceptors (Lipinski definition) is 3. The van der Waals surface area contributed by atoms with Crippen molar-refractivity contribution in [3.63, 3.8) is 0 Å². The van der Waals surface area contributed by atoms with E-state index in [0.717, 1.165) is 6.42 Å². The zero-order valence-electron chi connectivity index (χ0n) is 5.52. The Morgan fingerprint density at radius 3 is 3.00 bits per heavy atom. The van der Waals surface area contributed by atoms with Crippen LogP contribution in [0.1, 0.15) is 6.42 Å². The Bertz CT molecular complexity index is 114. The summed E-state index contributed by atoms with van der Waals surface area (Å²) in [4.78, 5) is 10.8. The largest absolute Gasteiger partial charge is 0.374 e. The number of hydrogen-bond donors (Lipinski definition) is 1. The molecule has 1 saturated heterocycles. The lowest BCUT2D eigenvalue weighted by Crippen LogP contribution is -2.41. The fraction of sp³-hybridized carbons (Fsp3) is 0.833. The molecular formula is C6H11NO2. The summed E-state index contributed by atoms with van der Waals surface area (Å²) in [6.45, 7) is 0.989. The van der Waals surface area contributed by atoms with Crippen LogP contribution >= 0.6 is 0 Å². The van der Waals surface area contributed by atoms with Crippen molar-refractivity contribution in [2.24, 2.45) is 0 Å². The van der Waals surface area contributed by atoms with Gasteiger partial charge in [-0.15, -0.1) is 0 Å². The first-order chi connectivity index (χ1) is 4.34. The maximum absolute atomic E-state index is 10.8. The molecule has 3 heteroatoms. The quantitative estimate of drug-likeness (QED) is 0.522. The second-order valence-corrected chi connectivity index (χ2v) is 2.15. The van der Waals surface area contributed by atoms with Gasteiger partial charge in [-0.3, -0.25) is 4.79 Å². The Labute approximate surface area is 54.4 Å². The van der Waals surface area contributed by atoms with Crippen molar-refractivity contribution in [1.29, 1.82) is 0 Å². The maximum atomic E-state index is 10.8. The van der Waals surface area contributed by atoms with E-state index < -0.39 is 0 Å². The van der Waals surface area contributed by atoms with Crippen molar-refractivity contribution in [2.45, 2.75) is 12.5 Å². The van der Waals surface area contributed by atoms with Gasteiger partial charge in [0.15, 0.2) is 5.78 Å². The van der Waals surface area contributed by atoms with E-state index >= 15 is 0 Å². The van der Waals surface area contributed by atoms with Crippen LogP contribution in [0.15, 0.2) is 0 Å². The third-order valence-corrected chi connectivity index (χ3v) is 1.53. The SMILES string of the molecule is CNC1CCOCC1=O. The minimum Gasteiger partial charge on any atom is -0.374 e. The molecule has 1 heterocycles. The lowest BCUT2D eigenvalue weighted by molar-refractivity contribution is -0.129. The summed E-state index contributed by atoms with van der Waals surface area (Å²) in [5.41, 5.74) is 0. The molecule has 52 valence electrons. The highest BCUT2D eigenvalue weighted by Crippen LogP contribution is 2.00. The molecule has 1 fully saturated rings. The molecule has 0 amide bonds. The van der Waals surface area contributed by atoms with E-state index in [2.05, 4.69) is 5.32 Å². The molecule has 3 nitrogen and oxygen atoms in total. The van der Waals surface area contributed by atoms with E-state index in [9.17, 15) is 4.79 Å². The molecule has 1 rings (SSSR count). The molecule has 0 bridgehead atoms. The van der Waals surface area contributed by atoms with Gasteiger partial charge in [-0.25, -0.2) is 0 Å². The van der Waals surface area contributed by atoms with Crippen molar-refractivity contribution in [3.05, 3.63) is 0 Å². The van der Waals surface area contributed by atoms with E-state index in [-0.39, 0.29) is 18.4 Å². The Kier molecular flexibility index (Phi) is 2.19. The van der Waals surface area contributed by atoms with Gasteiger partial charge in [0.25, 0.3) is 0 Å². The molecule has 0 aromatic rings. The molecule has 0 saturated carbocycles. The highest BCUT2D eigenvalue weighted by Gasteiger charge is 2.19. The highest BCUT2D eigenvalue weighted by atomic mass is 16.5. The van der Waals surface area contributed by atoms with Crippen LogP contribution in [0, 0.1) is 0 Å². The summed E-state index contributed by atoms with van der Waals surface area (Å²) >= 11 is 0. The number of nitrogens with one attached hydrogen (secondary N) is 1. The van der Waals surface area contributed by atoms with Crippen LogP contribution in [-0.2, 0) is 9.53 Å². The lowest BCUT2D eigenvalue weighted by atomic mass is 10.1. The van der Waals surface area contributed by atoms with E-state index in [1.807, 2.05) is 0 Å². The van der Waals surface area contributed by atoms with Gasteiger partial charge >= 0.3 is 0 Å². The summed E-state index contributed by atoms with van der Waals surface area (Å²) in [7, 11) is 1.80. The van der Waals surface area contributed by atoms with Crippen LogP contribution < -0.4 is 5.32 Å². The van der Waals surface area contributed by atoms with Crippen molar-refractivity contribution in [3.8, 4) is 0 Å². The monoisotopic (exact) mass is 129 g/mol. The summed E-state index contributed by atoms with van der Waals surface area (Å²) in [5, 5.41) is 2.92. The smallest absolute Gasteiger partial charge is 0.175 e. The van der Waals surface area contributed by atoms with Crippen molar-refractivity contribution in [1.82, 2.24) is 5.32 Å². The van der Waals surface area contributed by atoms with Gasteiger partial charge in [-0.1, -0.05) is 0 Å². The van der Waals surface area contributed by atoms with Crippen LogP contribution in [0.5, 0.6) is 0 Å². The first kappa shape index (κ1) is 6.71. The van der Waals surface area contributed by atoms with E-state index in [1.165, 1.54) is 0 Å². The first-order valence-electron chi connectivity index (χ1n) is 3.12. The number of likely N-dealkylation sites (N-methyl/N-ethyl adjacent to an activating group) is 1. The standard InChI is InChI=1S/C6H11NO2/c1-7-5-2-3-9-4-6(5)8/h5,7H,2-4H2,1H3. The minimum atomic E-state index is 0.0405. The Hall–Kier alpha value is -0.410. The second-order valence-electron chi connectivity index (χ2n) is 2.15. The minimum absolute atomic E-state index is 0.0405. The van der Waals surface area contributed by atoms with Gasteiger partial charge in [0, 0.05) is 6.61 Å². The number of ketones is 1. The predicted molar refractivity (Wildman–Crippen MR) is 33.3 cm³/mol. The van der Waals surface area contributed by atoms with Gasteiger partial charge in [0.2, 0.25) is 0 Å². The third kappa shape index (κ3) is 1.50. The Morgan fingerprint density at radius 1 is 1.78 bits per heavy atom. The van der Waals surface area contributed by atoms with Crippen LogP contribution in [0.3, 0.4) is 0 Å². The van der Waals surface area contributed by atoms with Gasteiger partial charge < -0.3 is 10.1 Å². The third-order valence-electron chi connectivity index (χ3n) is 1.53. The lowest BCUT2D eigenvalue weighted by Gasteiger charge is -2.19. The number of ether oxygens (including phenoxy) is 1. The molecule has 0 radical (unpaired) electrons. The number of Topliss-reactive ketones (excluding diaryl/α,β-unsaturated/α-hetero) is 1. The van der Waals surface area contributed by atoms with Gasteiger partial charge in [0.05, 0.1) is 6.04 Å². The fourth-order valence-electron chi connectivity index (χ4n) is 0.941. The zero-order chi connectivity index (χ0) is 6.69. The molecule has 0 spiro atoms. The van der Waals surface area contributed by atoms with E-state index in [0.29, 0.717) is 6.61 Å². The first-order valence-corrected chi connectivity index (χ1v) is 3.12. The summed E-state index contributed by atoms with van der Waals surface area (Å²) in [5.74, 6) is 0.170. The molecule has 0 aromatic heterocycles.